The molecule has 3 nitrogen and oxygen atoms in total. The molecule has 1 amide bonds. The van der Waals surface area contributed by atoms with Gasteiger partial charge in [-0.15, -0.1) is 0 Å². The summed E-state index contributed by atoms with van der Waals surface area (Å²) >= 11 is 0. The largest absolute Gasteiger partial charge is 0.453 e. The molecule has 0 spiro atoms. The minimum absolute atomic E-state index is 0.0438. The molecule has 1 rings (SSSR count). The smallest absolute Gasteiger partial charge is 0.407 e. The number of hydrogen-bond acceptors (Lipinski definition) is 2. The third-order valence-electron chi connectivity index (χ3n) is 1.91. The third kappa shape index (κ3) is 4.31. The fraction of sp³-hybridized carbons (Fsp3) is 0.250. The highest BCUT2D eigenvalue weighted by molar-refractivity contribution is 5.68. The Hall–Kier alpha value is -1.77. The Morgan fingerprint density at radius 3 is 2.67 bits per heavy atom. The SMILES string of the molecule is COC(=O)N[C@H](C)/C=C/c1ccccc1. The number of benzene rings is 1. The zero-order valence-electron chi connectivity index (χ0n) is 8.94. The van der Waals surface area contributed by atoms with Crippen LogP contribution in [0.3, 0.4) is 0 Å². The fourth-order valence-electron chi connectivity index (χ4n) is 1.11. The summed E-state index contributed by atoms with van der Waals surface area (Å²) in [4.78, 5) is 10.9. The van der Waals surface area contributed by atoms with Gasteiger partial charge in [-0.2, -0.15) is 0 Å². The van der Waals surface area contributed by atoms with Crippen LogP contribution in [0.5, 0.6) is 0 Å². The maximum Gasteiger partial charge on any atom is 0.407 e. The fourth-order valence-corrected chi connectivity index (χ4v) is 1.11. The number of carbonyl (C=O) groups is 1. The quantitative estimate of drug-likeness (QED) is 0.823. The molecule has 0 aliphatic heterocycles. The van der Waals surface area contributed by atoms with Crippen LogP contribution >= 0.6 is 0 Å². The van der Waals surface area contributed by atoms with Crippen LogP contribution in [0.1, 0.15) is 12.5 Å². The number of hydrogen-bond donors (Lipinski definition) is 1. The summed E-state index contributed by atoms with van der Waals surface area (Å²) in [5.41, 5.74) is 1.11. The monoisotopic (exact) mass is 205 g/mol. The van der Waals surface area contributed by atoms with Crippen LogP contribution in [0.2, 0.25) is 0 Å². The average molecular weight is 205 g/mol. The van der Waals surface area contributed by atoms with Gasteiger partial charge in [0.15, 0.2) is 0 Å². The van der Waals surface area contributed by atoms with Crippen molar-refractivity contribution in [3.63, 3.8) is 0 Å². The number of alkyl carbamates (subject to hydrolysis) is 1. The number of rotatable bonds is 3. The molecule has 0 unspecified atom stereocenters. The van der Waals surface area contributed by atoms with Crippen molar-refractivity contribution in [2.24, 2.45) is 0 Å². The molecule has 0 aliphatic rings. The molecule has 0 saturated carbocycles. The van der Waals surface area contributed by atoms with Crippen LogP contribution in [0, 0.1) is 0 Å². The minimum atomic E-state index is -0.416. The van der Waals surface area contributed by atoms with Gasteiger partial charge >= 0.3 is 6.09 Å². The number of methoxy groups -OCH3 is 1. The Morgan fingerprint density at radius 1 is 1.40 bits per heavy atom. The zero-order chi connectivity index (χ0) is 11.1. The van der Waals surface area contributed by atoms with Gasteiger partial charge in [-0.1, -0.05) is 42.5 Å². The number of ether oxygens (including phenoxy) is 1. The van der Waals surface area contributed by atoms with Crippen molar-refractivity contribution >= 4 is 12.2 Å². The van der Waals surface area contributed by atoms with Crippen molar-refractivity contribution in [3.8, 4) is 0 Å². The molecule has 1 atom stereocenters. The summed E-state index contributed by atoms with van der Waals surface area (Å²) in [5.74, 6) is 0. The summed E-state index contributed by atoms with van der Waals surface area (Å²) in [5, 5.41) is 2.65. The number of carbonyl (C=O) groups excluding carboxylic acids is 1. The predicted octanol–water partition coefficient (Wildman–Crippen LogP) is 2.44. The molecule has 0 aliphatic carbocycles. The van der Waals surface area contributed by atoms with Gasteiger partial charge in [0, 0.05) is 6.04 Å². The van der Waals surface area contributed by atoms with E-state index in [-0.39, 0.29) is 6.04 Å². The van der Waals surface area contributed by atoms with Gasteiger partial charge in [0.25, 0.3) is 0 Å². The van der Waals surface area contributed by atoms with Gasteiger partial charge in [0.05, 0.1) is 7.11 Å². The second-order valence-electron chi connectivity index (χ2n) is 3.19. The van der Waals surface area contributed by atoms with E-state index in [0.29, 0.717) is 0 Å². The highest BCUT2D eigenvalue weighted by Crippen LogP contribution is 2.01. The van der Waals surface area contributed by atoms with Crippen LogP contribution < -0.4 is 5.32 Å². The van der Waals surface area contributed by atoms with Crippen LogP contribution in [-0.4, -0.2) is 19.2 Å². The van der Waals surface area contributed by atoms with Gasteiger partial charge in [-0.25, -0.2) is 4.79 Å². The predicted molar refractivity (Wildman–Crippen MR) is 60.5 cm³/mol. The molecule has 15 heavy (non-hydrogen) atoms. The maximum atomic E-state index is 10.9. The van der Waals surface area contributed by atoms with Crippen molar-refractivity contribution in [3.05, 3.63) is 42.0 Å². The molecule has 80 valence electrons. The van der Waals surface area contributed by atoms with Crippen molar-refractivity contribution < 1.29 is 9.53 Å². The minimum Gasteiger partial charge on any atom is -0.453 e. The molecule has 0 bridgehead atoms. The van der Waals surface area contributed by atoms with E-state index in [0.717, 1.165) is 5.56 Å². The molecule has 0 heterocycles. The van der Waals surface area contributed by atoms with Crippen LogP contribution in [0.25, 0.3) is 6.08 Å². The summed E-state index contributed by atoms with van der Waals surface area (Å²) in [7, 11) is 1.35. The summed E-state index contributed by atoms with van der Waals surface area (Å²) < 4.78 is 4.49. The van der Waals surface area contributed by atoms with Gasteiger partial charge in [-0.3, -0.25) is 0 Å². The first-order valence-electron chi connectivity index (χ1n) is 4.80. The second kappa shape index (κ2) is 5.86. The van der Waals surface area contributed by atoms with E-state index in [1.807, 2.05) is 49.4 Å². The molecular weight excluding hydrogens is 190 g/mol. The van der Waals surface area contributed by atoms with Gasteiger partial charge in [-0.05, 0) is 12.5 Å². The molecule has 1 aromatic rings. The molecule has 1 aromatic carbocycles. The highest BCUT2D eigenvalue weighted by atomic mass is 16.5. The molecule has 0 saturated heterocycles. The summed E-state index contributed by atoms with van der Waals surface area (Å²) in [6, 6.07) is 9.87. The lowest BCUT2D eigenvalue weighted by molar-refractivity contribution is 0.169. The lowest BCUT2D eigenvalue weighted by Crippen LogP contribution is -2.30. The topological polar surface area (TPSA) is 38.3 Å². The molecule has 3 heteroatoms. The lowest BCUT2D eigenvalue weighted by atomic mass is 10.2. The molecule has 0 fully saturated rings. The van der Waals surface area contributed by atoms with E-state index >= 15 is 0 Å². The lowest BCUT2D eigenvalue weighted by Gasteiger charge is -2.07. The molecule has 0 radical (unpaired) electrons. The van der Waals surface area contributed by atoms with E-state index < -0.39 is 6.09 Å². The van der Waals surface area contributed by atoms with Crippen molar-refractivity contribution in [2.75, 3.05) is 7.11 Å². The van der Waals surface area contributed by atoms with Crippen LogP contribution in [0.4, 0.5) is 4.79 Å². The normalized spacial score (nSPS) is 12.4. The summed E-state index contributed by atoms with van der Waals surface area (Å²) in [6.45, 7) is 1.89. The molecule has 1 N–H and O–H groups in total. The second-order valence-corrected chi connectivity index (χ2v) is 3.19. The standard InChI is InChI=1S/C12H15NO2/c1-10(13-12(14)15-2)8-9-11-6-4-3-5-7-11/h3-10H,1-2H3,(H,13,14)/b9-8+/t10-/m1/s1. The highest BCUT2D eigenvalue weighted by Gasteiger charge is 2.01. The Kier molecular flexibility index (Phi) is 4.41. The van der Waals surface area contributed by atoms with E-state index in [2.05, 4.69) is 10.1 Å². The van der Waals surface area contributed by atoms with E-state index in [1.165, 1.54) is 7.11 Å². The first-order chi connectivity index (χ1) is 7.22. The Labute approximate surface area is 89.8 Å². The number of nitrogens with one attached hydrogen (secondary N) is 1. The van der Waals surface area contributed by atoms with Crippen molar-refractivity contribution in [1.29, 1.82) is 0 Å². The van der Waals surface area contributed by atoms with E-state index in [4.69, 9.17) is 0 Å². The summed E-state index contributed by atoms with van der Waals surface area (Å²) in [6.07, 6.45) is 3.45. The Morgan fingerprint density at radius 2 is 2.07 bits per heavy atom. The molecular formula is C12H15NO2. The maximum absolute atomic E-state index is 10.9. The van der Waals surface area contributed by atoms with Crippen molar-refractivity contribution in [2.45, 2.75) is 13.0 Å². The Balaban J connectivity index is 2.47. The first kappa shape index (κ1) is 11.3. The first-order valence-corrected chi connectivity index (χ1v) is 4.80. The third-order valence-corrected chi connectivity index (χ3v) is 1.91. The average Bonchev–Trinajstić information content (AvgIpc) is 2.27. The molecule has 0 aromatic heterocycles. The number of amides is 1. The van der Waals surface area contributed by atoms with E-state index in [1.54, 1.807) is 0 Å². The van der Waals surface area contributed by atoms with Crippen molar-refractivity contribution in [1.82, 2.24) is 5.32 Å². The van der Waals surface area contributed by atoms with Crippen LogP contribution in [0.15, 0.2) is 36.4 Å². The zero-order valence-corrected chi connectivity index (χ0v) is 8.94. The van der Waals surface area contributed by atoms with E-state index in [9.17, 15) is 4.79 Å². The Bertz CT molecular complexity index is 333. The van der Waals surface area contributed by atoms with Gasteiger partial charge < -0.3 is 10.1 Å². The van der Waals surface area contributed by atoms with Gasteiger partial charge in [0.2, 0.25) is 0 Å². The van der Waals surface area contributed by atoms with Gasteiger partial charge in [0.1, 0.15) is 0 Å². The van der Waals surface area contributed by atoms with Crippen LogP contribution in [-0.2, 0) is 4.74 Å².